The molecule has 1 N–H and O–H groups in total. The van der Waals surface area contributed by atoms with Gasteiger partial charge in [-0.05, 0) is 19.1 Å². The number of anilines is 1. The van der Waals surface area contributed by atoms with E-state index in [1.165, 1.54) is 0 Å². The van der Waals surface area contributed by atoms with Crippen molar-refractivity contribution in [1.82, 2.24) is 0 Å². The van der Waals surface area contributed by atoms with Crippen LogP contribution in [0.15, 0.2) is 24.3 Å². The Morgan fingerprint density at radius 3 is 3.00 bits per heavy atom. The van der Waals surface area contributed by atoms with Crippen molar-refractivity contribution in [3.63, 3.8) is 0 Å². The van der Waals surface area contributed by atoms with E-state index in [1.54, 1.807) is 0 Å². The van der Waals surface area contributed by atoms with Gasteiger partial charge >= 0.3 is 0 Å². The number of rotatable bonds is 5. The highest BCUT2D eigenvalue weighted by Gasteiger charge is 1.94. The van der Waals surface area contributed by atoms with Gasteiger partial charge in [-0.1, -0.05) is 6.07 Å². The van der Waals surface area contributed by atoms with Gasteiger partial charge in [0.2, 0.25) is 0 Å². The lowest BCUT2D eigenvalue weighted by atomic mass is 10.3. The number of nitrogens with one attached hydrogen (secondary N) is 1. The van der Waals surface area contributed by atoms with Crippen LogP contribution in [0.1, 0.15) is 6.92 Å². The quantitative estimate of drug-likeness (QED) is 0.757. The largest absolute Gasteiger partial charge is 0.491 e. The predicted octanol–water partition coefficient (Wildman–Crippen LogP) is 2.47. The van der Waals surface area contributed by atoms with Crippen LogP contribution in [0, 0.1) is 0 Å². The summed E-state index contributed by atoms with van der Waals surface area (Å²) in [5.41, 5.74) is 0.999. The highest BCUT2D eigenvalue weighted by atomic mass is 19.1. The molecule has 0 fully saturated rings. The van der Waals surface area contributed by atoms with E-state index in [4.69, 9.17) is 4.74 Å². The van der Waals surface area contributed by atoms with Gasteiger partial charge in [-0.15, -0.1) is 0 Å². The maximum atomic E-state index is 11.8. The molecule has 0 spiro atoms. The molecule has 0 unspecified atom stereocenters. The van der Waals surface area contributed by atoms with Crippen molar-refractivity contribution in [2.45, 2.75) is 6.92 Å². The number of ether oxygens (including phenoxy) is 1. The molecule has 0 heterocycles. The monoisotopic (exact) mass is 183 g/mol. The van der Waals surface area contributed by atoms with Gasteiger partial charge in [0.05, 0.1) is 0 Å². The fourth-order valence-corrected chi connectivity index (χ4v) is 1.06. The normalized spacial score (nSPS) is 9.69. The van der Waals surface area contributed by atoms with Crippen molar-refractivity contribution in [1.29, 1.82) is 0 Å². The topological polar surface area (TPSA) is 21.3 Å². The molecule has 0 saturated heterocycles. The minimum atomic E-state index is -0.453. The Kier molecular flexibility index (Phi) is 4.09. The maximum Gasteiger partial charge on any atom is 0.123 e. The Hall–Kier alpha value is -1.25. The Morgan fingerprint density at radius 2 is 2.31 bits per heavy atom. The van der Waals surface area contributed by atoms with Gasteiger partial charge in [-0.25, -0.2) is 4.39 Å². The van der Waals surface area contributed by atoms with Crippen LogP contribution in [-0.4, -0.2) is 19.8 Å². The van der Waals surface area contributed by atoms with Crippen LogP contribution in [0.4, 0.5) is 10.1 Å². The van der Waals surface area contributed by atoms with Crippen molar-refractivity contribution in [2.75, 3.05) is 25.1 Å². The van der Waals surface area contributed by atoms with Gasteiger partial charge in [0, 0.05) is 18.3 Å². The second kappa shape index (κ2) is 5.41. The van der Waals surface area contributed by atoms with Gasteiger partial charge in [0.1, 0.15) is 19.0 Å². The summed E-state index contributed by atoms with van der Waals surface area (Å²) in [6.07, 6.45) is 0. The van der Waals surface area contributed by atoms with E-state index in [0.717, 1.165) is 12.2 Å². The third-order valence-corrected chi connectivity index (χ3v) is 1.56. The third-order valence-electron chi connectivity index (χ3n) is 1.56. The van der Waals surface area contributed by atoms with Crippen LogP contribution in [0.25, 0.3) is 0 Å². The first-order valence-corrected chi connectivity index (χ1v) is 4.39. The second-order valence-electron chi connectivity index (χ2n) is 2.60. The number of hydrogen-bond donors (Lipinski definition) is 1. The second-order valence-corrected chi connectivity index (χ2v) is 2.60. The minimum absolute atomic E-state index is 0.121. The zero-order chi connectivity index (χ0) is 9.52. The van der Waals surface area contributed by atoms with E-state index in [-0.39, 0.29) is 6.61 Å². The Labute approximate surface area is 77.7 Å². The van der Waals surface area contributed by atoms with Crippen LogP contribution in [-0.2, 0) is 0 Å². The van der Waals surface area contributed by atoms with Crippen LogP contribution >= 0.6 is 0 Å². The molecule has 72 valence electrons. The van der Waals surface area contributed by atoms with Crippen molar-refractivity contribution < 1.29 is 9.13 Å². The first kappa shape index (κ1) is 9.84. The van der Waals surface area contributed by atoms with E-state index in [1.807, 2.05) is 31.2 Å². The lowest BCUT2D eigenvalue weighted by molar-refractivity contribution is 0.273. The molecule has 0 radical (unpaired) electrons. The molecule has 3 heteroatoms. The zero-order valence-electron chi connectivity index (χ0n) is 7.72. The van der Waals surface area contributed by atoms with Crippen LogP contribution in [0.5, 0.6) is 5.75 Å². The molecule has 0 saturated carbocycles. The van der Waals surface area contributed by atoms with Crippen molar-refractivity contribution in [3.8, 4) is 5.75 Å². The summed E-state index contributed by atoms with van der Waals surface area (Å²) in [5.74, 6) is 0.705. The molecule has 1 aromatic rings. The van der Waals surface area contributed by atoms with Crippen LogP contribution < -0.4 is 10.1 Å². The Balaban J connectivity index is 2.56. The standard InChI is InChI=1S/C10H14FNO/c1-2-12-9-4-3-5-10(8-9)13-7-6-11/h3-5,8,12H,2,6-7H2,1H3. The molecule has 0 aliphatic rings. The van der Waals surface area contributed by atoms with Gasteiger partial charge in [-0.2, -0.15) is 0 Å². The van der Waals surface area contributed by atoms with Crippen LogP contribution in [0.2, 0.25) is 0 Å². The summed E-state index contributed by atoms with van der Waals surface area (Å²) in [4.78, 5) is 0. The number of hydrogen-bond acceptors (Lipinski definition) is 2. The molecule has 0 aromatic heterocycles. The molecular formula is C10H14FNO. The molecule has 2 nitrogen and oxygen atoms in total. The van der Waals surface area contributed by atoms with Crippen molar-refractivity contribution in [3.05, 3.63) is 24.3 Å². The summed E-state index contributed by atoms with van der Waals surface area (Å²) in [7, 11) is 0. The van der Waals surface area contributed by atoms with Gasteiger partial charge in [0.15, 0.2) is 0 Å². The number of alkyl halides is 1. The third kappa shape index (κ3) is 3.32. The average Bonchev–Trinajstić information content (AvgIpc) is 2.16. The molecule has 13 heavy (non-hydrogen) atoms. The molecule has 0 bridgehead atoms. The Morgan fingerprint density at radius 1 is 1.46 bits per heavy atom. The smallest absolute Gasteiger partial charge is 0.123 e. The first-order chi connectivity index (χ1) is 6.36. The van der Waals surface area contributed by atoms with E-state index in [0.29, 0.717) is 5.75 Å². The zero-order valence-corrected chi connectivity index (χ0v) is 7.72. The van der Waals surface area contributed by atoms with Gasteiger partial charge in [-0.3, -0.25) is 0 Å². The van der Waals surface area contributed by atoms with Crippen LogP contribution in [0.3, 0.4) is 0 Å². The van der Waals surface area contributed by atoms with Gasteiger partial charge < -0.3 is 10.1 Å². The molecule has 1 aromatic carbocycles. The summed E-state index contributed by atoms with van der Waals surface area (Å²) in [6.45, 7) is 2.56. The average molecular weight is 183 g/mol. The van der Waals surface area contributed by atoms with E-state index in [2.05, 4.69) is 5.32 Å². The molecular weight excluding hydrogens is 169 g/mol. The number of benzene rings is 1. The van der Waals surface area contributed by atoms with E-state index in [9.17, 15) is 4.39 Å². The fourth-order valence-electron chi connectivity index (χ4n) is 1.06. The highest BCUT2D eigenvalue weighted by molar-refractivity contribution is 5.47. The SMILES string of the molecule is CCNc1cccc(OCCF)c1. The molecule has 0 aliphatic heterocycles. The van der Waals surface area contributed by atoms with E-state index >= 15 is 0 Å². The summed E-state index contributed by atoms with van der Waals surface area (Å²) in [5, 5.41) is 3.15. The summed E-state index contributed by atoms with van der Waals surface area (Å²) < 4.78 is 16.9. The fraction of sp³-hybridized carbons (Fsp3) is 0.400. The molecule has 1 rings (SSSR count). The molecule has 0 atom stereocenters. The Bertz CT molecular complexity index is 252. The van der Waals surface area contributed by atoms with Crippen molar-refractivity contribution in [2.24, 2.45) is 0 Å². The van der Waals surface area contributed by atoms with Gasteiger partial charge in [0.25, 0.3) is 0 Å². The first-order valence-electron chi connectivity index (χ1n) is 4.39. The predicted molar refractivity (Wildman–Crippen MR) is 52.1 cm³/mol. The van der Waals surface area contributed by atoms with E-state index < -0.39 is 6.67 Å². The lowest BCUT2D eigenvalue weighted by Crippen LogP contribution is -2.00. The highest BCUT2D eigenvalue weighted by Crippen LogP contribution is 2.16. The van der Waals surface area contributed by atoms with Crippen molar-refractivity contribution >= 4 is 5.69 Å². The number of halogens is 1. The summed E-state index contributed by atoms with van der Waals surface area (Å²) >= 11 is 0. The molecule has 0 aliphatic carbocycles. The summed E-state index contributed by atoms with van der Waals surface area (Å²) in [6, 6.07) is 7.51. The lowest BCUT2D eigenvalue weighted by Gasteiger charge is -2.06. The molecule has 0 amide bonds. The maximum absolute atomic E-state index is 11.8. The minimum Gasteiger partial charge on any atom is -0.491 e.